The van der Waals surface area contributed by atoms with E-state index in [2.05, 4.69) is 47.4 Å². The first-order chi connectivity index (χ1) is 17.3. The fourth-order valence-electron chi connectivity index (χ4n) is 3.87. The lowest BCUT2D eigenvalue weighted by atomic mass is 10.1. The molecular formula is C25H29N5O3S3. The lowest BCUT2D eigenvalue weighted by Crippen LogP contribution is -2.13. The summed E-state index contributed by atoms with van der Waals surface area (Å²) >= 11 is 4.65. The third-order valence-electron chi connectivity index (χ3n) is 5.79. The Morgan fingerprint density at radius 1 is 1.28 bits per heavy atom. The summed E-state index contributed by atoms with van der Waals surface area (Å²) in [6.45, 7) is 6.81. The van der Waals surface area contributed by atoms with E-state index in [1.165, 1.54) is 21.8 Å². The van der Waals surface area contributed by atoms with E-state index in [4.69, 9.17) is 15.5 Å². The summed E-state index contributed by atoms with van der Waals surface area (Å²) in [5.74, 6) is 0.746. The van der Waals surface area contributed by atoms with Crippen molar-refractivity contribution < 1.29 is 9.53 Å². The molecule has 0 bridgehead atoms. The number of thiophene rings is 1. The minimum absolute atomic E-state index is 0.0421. The number of hydrogen-bond acceptors (Lipinski definition) is 9. The maximum atomic E-state index is 11.1. The van der Waals surface area contributed by atoms with Gasteiger partial charge in [-0.05, 0) is 63.7 Å². The van der Waals surface area contributed by atoms with E-state index in [-0.39, 0.29) is 4.87 Å². The molecule has 1 aromatic carbocycles. The molecule has 4 aromatic rings. The summed E-state index contributed by atoms with van der Waals surface area (Å²) < 4.78 is 5.84. The van der Waals surface area contributed by atoms with Crippen LogP contribution < -0.4 is 15.3 Å². The molecule has 0 radical (unpaired) electrons. The summed E-state index contributed by atoms with van der Waals surface area (Å²) in [7, 11) is 2.09. The Balaban J connectivity index is 0.000000211. The van der Waals surface area contributed by atoms with Crippen molar-refractivity contribution in [2.45, 2.75) is 39.2 Å². The summed E-state index contributed by atoms with van der Waals surface area (Å²) in [4.78, 5) is 31.3. The predicted molar refractivity (Wildman–Crippen MR) is 146 cm³/mol. The van der Waals surface area contributed by atoms with Crippen molar-refractivity contribution in [2.24, 2.45) is 5.73 Å². The number of primary amides is 1. The molecule has 0 saturated carbocycles. The van der Waals surface area contributed by atoms with Crippen LogP contribution in [0.15, 0.2) is 40.5 Å². The first kappa shape index (κ1) is 26.2. The van der Waals surface area contributed by atoms with E-state index in [0.29, 0.717) is 23.8 Å². The Morgan fingerprint density at radius 3 is 2.61 bits per heavy atom. The van der Waals surface area contributed by atoms with Gasteiger partial charge in [-0.25, -0.2) is 10.1 Å². The van der Waals surface area contributed by atoms with E-state index in [9.17, 15) is 9.59 Å². The summed E-state index contributed by atoms with van der Waals surface area (Å²) in [6, 6.07) is 9.02. The average Bonchev–Trinajstić information content (AvgIpc) is 3.66. The Hall–Kier alpha value is -2.86. The number of aromatic nitrogens is 3. The molecule has 1 saturated heterocycles. The van der Waals surface area contributed by atoms with E-state index in [1.54, 1.807) is 46.9 Å². The molecule has 1 aliphatic rings. The first-order valence-corrected chi connectivity index (χ1v) is 14.1. The van der Waals surface area contributed by atoms with Crippen LogP contribution in [0.25, 0.3) is 10.6 Å². The van der Waals surface area contributed by atoms with Crippen molar-refractivity contribution in [1.29, 1.82) is 0 Å². The number of thiazole rings is 1. The second-order valence-electron chi connectivity index (χ2n) is 8.56. The van der Waals surface area contributed by atoms with Crippen molar-refractivity contribution in [3.05, 3.63) is 71.4 Å². The maximum absolute atomic E-state index is 11.1. The number of benzene rings is 1. The van der Waals surface area contributed by atoms with Crippen molar-refractivity contribution >= 4 is 39.9 Å². The van der Waals surface area contributed by atoms with Gasteiger partial charge in [0.2, 0.25) is 5.91 Å². The number of carbonyl (C=O) groups excluding carboxylic acids is 1. The van der Waals surface area contributed by atoms with Gasteiger partial charge in [-0.15, -0.1) is 22.7 Å². The normalized spacial score (nSPS) is 15.5. The highest BCUT2D eigenvalue weighted by Gasteiger charge is 2.23. The zero-order valence-corrected chi connectivity index (χ0v) is 22.9. The minimum atomic E-state index is -0.437. The van der Waals surface area contributed by atoms with E-state index in [1.807, 2.05) is 0 Å². The SMILES string of the molecule is CCc1nc(-c2csc(C)c2)sc1COc1ccc(C(N)=O)cc1.CN1CC[C@@H](c2n[nH]c(=O)s2)C1. The maximum Gasteiger partial charge on any atom is 0.322 e. The standard InChI is InChI=1S/C18H18N2O2S2.C7H11N3OS/c1-3-15-16(24-18(20-15)13-8-11(2)23-10-13)9-22-14-6-4-12(5-7-14)17(19)21;1-10-3-2-5(4-10)6-8-9-7(11)12-6/h4-8,10H,3,9H2,1-2H3,(H2,19,21);5H,2-4H2,1H3,(H,9,11)/t;5-/m.1/s1. The third kappa shape index (κ3) is 6.67. The monoisotopic (exact) mass is 543 g/mol. The molecule has 0 spiro atoms. The Morgan fingerprint density at radius 2 is 2.06 bits per heavy atom. The molecule has 3 aromatic heterocycles. The zero-order valence-electron chi connectivity index (χ0n) is 20.4. The molecule has 190 valence electrons. The van der Waals surface area contributed by atoms with Gasteiger partial charge in [-0.2, -0.15) is 5.10 Å². The molecule has 3 N–H and O–H groups in total. The number of aromatic amines is 1. The van der Waals surface area contributed by atoms with E-state index >= 15 is 0 Å². The van der Waals surface area contributed by atoms with Gasteiger partial charge in [-0.3, -0.25) is 9.59 Å². The minimum Gasteiger partial charge on any atom is -0.488 e. The van der Waals surface area contributed by atoms with Crippen LogP contribution in [0.5, 0.6) is 5.75 Å². The number of aryl methyl sites for hydroxylation is 2. The number of hydrogen-bond donors (Lipinski definition) is 2. The lowest BCUT2D eigenvalue weighted by molar-refractivity contribution is 0.1000. The molecular weight excluding hydrogens is 515 g/mol. The molecule has 5 rings (SSSR count). The topological polar surface area (TPSA) is 114 Å². The summed E-state index contributed by atoms with van der Waals surface area (Å²) in [6.07, 6.45) is 2.00. The van der Waals surface area contributed by atoms with Crippen LogP contribution in [-0.2, 0) is 13.0 Å². The molecule has 11 heteroatoms. The van der Waals surface area contributed by atoms with E-state index < -0.39 is 5.91 Å². The number of H-pyrrole nitrogens is 1. The quantitative estimate of drug-likeness (QED) is 0.350. The number of nitrogens with two attached hydrogens (primary N) is 1. The third-order valence-corrected chi connectivity index (χ3v) is 8.69. The van der Waals surface area contributed by atoms with Crippen LogP contribution in [0, 0.1) is 6.92 Å². The van der Waals surface area contributed by atoms with Gasteiger partial charge in [0.1, 0.15) is 22.4 Å². The van der Waals surface area contributed by atoms with Gasteiger partial charge < -0.3 is 15.4 Å². The number of amides is 1. The highest BCUT2D eigenvalue weighted by molar-refractivity contribution is 7.16. The van der Waals surface area contributed by atoms with E-state index in [0.717, 1.165) is 46.5 Å². The van der Waals surface area contributed by atoms with Gasteiger partial charge in [0.05, 0.1) is 10.6 Å². The molecule has 1 aliphatic heterocycles. The van der Waals surface area contributed by atoms with Crippen LogP contribution >= 0.6 is 34.0 Å². The fraction of sp³-hybridized carbons (Fsp3) is 0.360. The summed E-state index contributed by atoms with van der Waals surface area (Å²) in [5.41, 5.74) is 7.97. The number of likely N-dealkylation sites (tertiary alicyclic amines) is 1. The van der Waals surface area contributed by atoms with Crippen molar-refractivity contribution in [3.8, 4) is 16.3 Å². The van der Waals surface area contributed by atoms with Crippen molar-refractivity contribution in [2.75, 3.05) is 20.1 Å². The predicted octanol–water partition coefficient (Wildman–Crippen LogP) is 4.67. The average molecular weight is 544 g/mol. The van der Waals surface area contributed by atoms with Crippen LogP contribution in [0.2, 0.25) is 0 Å². The first-order valence-electron chi connectivity index (χ1n) is 11.6. The molecule has 0 aliphatic carbocycles. The van der Waals surface area contributed by atoms with Crippen LogP contribution in [-0.4, -0.2) is 46.1 Å². The second kappa shape index (κ2) is 11.9. The van der Waals surface area contributed by atoms with Gasteiger partial charge in [0.15, 0.2) is 0 Å². The largest absolute Gasteiger partial charge is 0.488 e. The number of rotatable bonds is 7. The zero-order chi connectivity index (χ0) is 25.7. The molecule has 0 unspecified atom stereocenters. The molecule has 1 fully saturated rings. The van der Waals surface area contributed by atoms with Crippen LogP contribution in [0.3, 0.4) is 0 Å². The highest BCUT2D eigenvalue weighted by atomic mass is 32.1. The fourth-order valence-corrected chi connectivity index (χ4v) is 6.41. The molecule has 36 heavy (non-hydrogen) atoms. The Kier molecular flexibility index (Phi) is 8.68. The summed E-state index contributed by atoms with van der Waals surface area (Å²) in [5, 5.41) is 10.6. The number of likely N-dealkylation sites (N-methyl/N-ethyl adjacent to an activating group) is 1. The molecule has 1 atom stereocenters. The Bertz CT molecular complexity index is 1360. The van der Waals surface area contributed by atoms with Crippen molar-refractivity contribution in [3.63, 3.8) is 0 Å². The number of nitrogens with one attached hydrogen (secondary N) is 1. The van der Waals surface area contributed by atoms with Crippen LogP contribution in [0.4, 0.5) is 0 Å². The Labute approximate surface area is 221 Å². The van der Waals surface area contributed by atoms with Gasteiger partial charge in [0.25, 0.3) is 0 Å². The van der Waals surface area contributed by atoms with Gasteiger partial charge in [-0.1, -0.05) is 18.3 Å². The van der Waals surface area contributed by atoms with Gasteiger partial charge in [0, 0.05) is 33.8 Å². The van der Waals surface area contributed by atoms with Gasteiger partial charge >= 0.3 is 4.87 Å². The van der Waals surface area contributed by atoms with Crippen LogP contribution in [0.1, 0.15) is 50.1 Å². The molecule has 4 heterocycles. The second-order valence-corrected chi connectivity index (χ2v) is 11.8. The number of nitrogens with zero attached hydrogens (tertiary/aromatic N) is 3. The number of ether oxygens (including phenoxy) is 1. The smallest absolute Gasteiger partial charge is 0.322 e. The molecule has 8 nitrogen and oxygen atoms in total. The van der Waals surface area contributed by atoms with Crippen molar-refractivity contribution in [1.82, 2.24) is 20.1 Å². The molecule has 1 amide bonds. The number of carbonyl (C=O) groups is 1. The highest BCUT2D eigenvalue weighted by Crippen LogP contribution is 2.32. The lowest BCUT2D eigenvalue weighted by Gasteiger charge is -2.06.